The van der Waals surface area contributed by atoms with Gasteiger partial charge in [0.05, 0.1) is 5.69 Å². The molecule has 0 bridgehead atoms. The molecule has 0 amide bonds. The number of aromatic nitrogens is 2. The minimum absolute atomic E-state index is 1.04. The summed E-state index contributed by atoms with van der Waals surface area (Å²) in [5.41, 5.74) is 2.22. The van der Waals surface area contributed by atoms with Crippen LogP contribution in [-0.2, 0) is 0 Å². The first-order valence-electron chi connectivity index (χ1n) is 7.51. The number of fused-ring (bicyclic) bond motifs is 4. The van der Waals surface area contributed by atoms with E-state index in [2.05, 4.69) is 59.6 Å². The summed E-state index contributed by atoms with van der Waals surface area (Å²) < 4.78 is 2.51. The van der Waals surface area contributed by atoms with Crippen molar-refractivity contribution in [2.45, 2.75) is 0 Å². The first kappa shape index (κ1) is 12.7. The molecule has 0 atom stereocenters. The number of hydrogen-bond donors (Lipinski definition) is 0. The lowest BCUT2D eigenvalue weighted by Crippen LogP contribution is -1.86. The van der Waals surface area contributed by atoms with E-state index >= 15 is 0 Å². The summed E-state index contributed by atoms with van der Waals surface area (Å²) in [5, 5.41) is 4.86. The third-order valence-electron chi connectivity index (χ3n) is 4.23. The molecule has 0 saturated heterocycles. The van der Waals surface area contributed by atoms with Crippen molar-refractivity contribution in [3.05, 3.63) is 73.2 Å². The lowest BCUT2D eigenvalue weighted by atomic mass is 9.99. The van der Waals surface area contributed by atoms with Gasteiger partial charge in [0.15, 0.2) is 0 Å². The fourth-order valence-corrected chi connectivity index (χ4v) is 4.27. The Kier molecular flexibility index (Phi) is 2.69. The molecule has 3 heterocycles. The largest absolute Gasteiger partial charge is 0.264 e. The van der Waals surface area contributed by atoms with Gasteiger partial charge >= 0.3 is 0 Å². The molecule has 5 rings (SSSR count). The third-order valence-corrected chi connectivity index (χ3v) is 5.36. The second kappa shape index (κ2) is 4.86. The molecule has 2 aromatic carbocycles. The molecule has 5 aromatic rings. The normalized spacial score (nSPS) is 11.5. The molecule has 0 fully saturated rings. The van der Waals surface area contributed by atoms with Crippen molar-refractivity contribution in [3.8, 4) is 11.3 Å². The highest BCUT2D eigenvalue weighted by molar-refractivity contribution is 7.25. The Balaban J connectivity index is 1.96. The van der Waals surface area contributed by atoms with E-state index < -0.39 is 0 Å². The summed E-state index contributed by atoms with van der Waals surface area (Å²) in [6.07, 6.45) is 5.70. The number of thiophene rings is 1. The summed E-state index contributed by atoms with van der Waals surface area (Å²) in [6, 6.07) is 19.0. The number of nitrogens with zero attached hydrogens (tertiary/aromatic N) is 2. The van der Waals surface area contributed by atoms with E-state index in [1.807, 2.05) is 18.6 Å². The van der Waals surface area contributed by atoms with E-state index in [1.165, 1.54) is 36.5 Å². The van der Waals surface area contributed by atoms with Gasteiger partial charge in [0, 0.05) is 44.3 Å². The molecular weight excluding hydrogens is 300 g/mol. The maximum Gasteiger partial charge on any atom is 0.0801 e. The van der Waals surface area contributed by atoms with Crippen LogP contribution in [0.4, 0.5) is 0 Å². The summed E-state index contributed by atoms with van der Waals surface area (Å²) in [6.45, 7) is 0. The van der Waals surface area contributed by atoms with Crippen molar-refractivity contribution in [1.29, 1.82) is 0 Å². The molecular formula is C20H12N2S. The zero-order valence-corrected chi connectivity index (χ0v) is 13.0. The molecule has 0 unspecified atom stereocenters. The van der Waals surface area contributed by atoms with Gasteiger partial charge in [0.25, 0.3) is 0 Å². The van der Waals surface area contributed by atoms with Gasteiger partial charge in [0.2, 0.25) is 0 Å². The molecule has 2 nitrogen and oxygen atoms in total. The molecule has 0 aliphatic carbocycles. The average molecular weight is 312 g/mol. The molecule has 0 N–H and O–H groups in total. The summed E-state index contributed by atoms with van der Waals surface area (Å²) >= 11 is 1.80. The zero-order valence-electron chi connectivity index (χ0n) is 12.2. The van der Waals surface area contributed by atoms with Crippen LogP contribution >= 0.6 is 11.3 Å². The number of hydrogen-bond acceptors (Lipinski definition) is 3. The van der Waals surface area contributed by atoms with Crippen molar-refractivity contribution in [2.75, 3.05) is 0 Å². The standard InChI is InChI=1S/C20H12N2S/c1-2-6-14-13(4-1)5-3-7-15(14)20-19-16-12-21-10-8-17(16)23-18(19)9-11-22-20/h1-12H. The number of rotatable bonds is 1. The summed E-state index contributed by atoms with van der Waals surface area (Å²) in [4.78, 5) is 9.04. The van der Waals surface area contributed by atoms with E-state index in [0.717, 1.165) is 5.69 Å². The van der Waals surface area contributed by atoms with Crippen molar-refractivity contribution in [3.63, 3.8) is 0 Å². The lowest BCUT2D eigenvalue weighted by Gasteiger charge is -2.07. The minimum atomic E-state index is 1.04. The van der Waals surface area contributed by atoms with Gasteiger partial charge in [-0.25, -0.2) is 0 Å². The van der Waals surface area contributed by atoms with Gasteiger partial charge in [-0.15, -0.1) is 11.3 Å². The molecule has 3 heteroatoms. The molecule has 0 spiro atoms. The summed E-state index contributed by atoms with van der Waals surface area (Å²) in [5.74, 6) is 0. The van der Waals surface area contributed by atoms with Crippen LogP contribution < -0.4 is 0 Å². The Morgan fingerprint density at radius 2 is 1.61 bits per heavy atom. The Labute approximate surface area is 137 Å². The molecule has 0 aliphatic heterocycles. The van der Waals surface area contributed by atoms with E-state index in [1.54, 1.807) is 11.3 Å². The summed E-state index contributed by atoms with van der Waals surface area (Å²) in [7, 11) is 0. The highest BCUT2D eigenvalue weighted by atomic mass is 32.1. The van der Waals surface area contributed by atoms with Crippen molar-refractivity contribution in [2.24, 2.45) is 0 Å². The second-order valence-corrected chi connectivity index (χ2v) is 6.62. The first-order chi connectivity index (χ1) is 11.4. The van der Waals surface area contributed by atoms with E-state index in [-0.39, 0.29) is 0 Å². The lowest BCUT2D eigenvalue weighted by molar-refractivity contribution is 1.36. The van der Waals surface area contributed by atoms with Gasteiger partial charge < -0.3 is 0 Å². The molecule has 0 radical (unpaired) electrons. The molecule has 3 aromatic heterocycles. The van der Waals surface area contributed by atoms with Crippen molar-refractivity contribution < 1.29 is 0 Å². The van der Waals surface area contributed by atoms with Gasteiger partial charge in [0.1, 0.15) is 0 Å². The number of pyridine rings is 2. The minimum Gasteiger partial charge on any atom is -0.264 e. The predicted molar refractivity (Wildman–Crippen MR) is 97.9 cm³/mol. The van der Waals surface area contributed by atoms with E-state index in [9.17, 15) is 0 Å². The molecule has 23 heavy (non-hydrogen) atoms. The highest BCUT2D eigenvalue weighted by Gasteiger charge is 2.13. The number of benzene rings is 2. The van der Waals surface area contributed by atoms with Crippen LogP contribution in [0.15, 0.2) is 73.2 Å². The van der Waals surface area contributed by atoms with Crippen LogP contribution in [0.2, 0.25) is 0 Å². The Morgan fingerprint density at radius 1 is 0.739 bits per heavy atom. The Morgan fingerprint density at radius 3 is 2.61 bits per heavy atom. The van der Waals surface area contributed by atoms with E-state index in [4.69, 9.17) is 4.98 Å². The topological polar surface area (TPSA) is 25.8 Å². The maximum atomic E-state index is 4.73. The Bertz CT molecular complexity index is 1170. The molecule has 0 saturated carbocycles. The van der Waals surface area contributed by atoms with Gasteiger partial charge in [-0.1, -0.05) is 42.5 Å². The highest BCUT2D eigenvalue weighted by Crippen LogP contribution is 2.39. The van der Waals surface area contributed by atoms with E-state index in [0.29, 0.717) is 0 Å². The van der Waals surface area contributed by atoms with Gasteiger partial charge in [-0.05, 0) is 22.9 Å². The molecule has 0 aliphatic rings. The van der Waals surface area contributed by atoms with Crippen LogP contribution in [0.25, 0.3) is 42.2 Å². The fraction of sp³-hybridized carbons (Fsp3) is 0. The van der Waals surface area contributed by atoms with Crippen LogP contribution in [0.3, 0.4) is 0 Å². The monoisotopic (exact) mass is 312 g/mol. The first-order valence-corrected chi connectivity index (χ1v) is 8.33. The smallest absolute Gasteiger partial charge is 0.0801 e. The van der Waals surface area contributed by atoms with Crippen LogP contribution in [0.1, 0.15) is 0 Å². The Hall–Kier alpha value is -2.78. The fourth-order valence-electron chi connectivity index (χ4n) is 3.20. The second-order valence-electron chi connectivity index (χ2n) is 5.53. The third kappa shape index (κ3) is 1.87. The zero-order chi connectivity index (χ0) is 15.2. The van der Waals surface area contributed by atoms with Crippen LogP contribution in [0, 0.1) is 0 Å². The predicted octanol–water partition coefficient (Wildman–Crippen LogP) is 5.66. The van der Waals surface area contributed by atoms with Gasteiger partial charge in [-0.3, -0.25) is 9.97 Å². The SMILES string of the molecule is c1ccc2c(-c3nccc4sc5ccncc5c34)cccc2c1. The van der Waals surface area contributed by atoms with Crippen LogP contribution in [-0.4, -0.2) is 9.97 Å². The van der Waals surface area contributed by atoms with Gasteiger partial charge in [-0.2, -0.15) is 0 Å². The van der Waals surface area contributed by atoms with Crippen LogP contribution in [0.5, 0.6) is 0 Å². The molecule has 108 valence electrons. The van der Waals surface area contributed by atoms with Crippen molar-refractivity contribution in [1.82, 2.24) is 9.97 Å². The quantitative estimate of drug-likeness (QED) is 0.399. The van der Waals surface area contributed by atoms with Crippen molar-refractivity contribution >= 4 is 42.3 Å². The maximum absolute atomic E-state index is 4.73. The average Bonchev–Trinajstić information content (AvgIpc) is 3.00.